The molecule has 31 heavy (non-hydrogen) atoms. The summed E-state index contributed by atoms with van der Waals surface area (Å²) in [5, 5.41) is 3.38. The van der Waals surface area contributed by atoms with E-state index in [1.807, 2.05) is 0 Å². The standard InChI is InChI=1S/C27H44N2O2/c1-3-5-19-31-26(23-15-10-7-11-16-23)24-17-12-18-29(21-24)27(30)28-25(4-2)20-22-13-8-6-9-14-22/h7,10-11,15-16,22,24-26H,3-6,8-9,12-14,17-21H2,1-2H3,(H,28,30)/t24-,25-,26+/m1/s1. The molecule has 0 bridgehead atoms. The van der Waals surface area contributed by atoms with Gasteiger partial charge in [0, 0.05) is 31.7 Å². The van der Waals surface area contributed by atoms with Gasteiger partial charge in [0.15, 0.2) is 0 Å². The molecule has 0 unspecified atom stereocenters. The second-order valence-corrected chi connectivity index (χ2v) is 9.70. The number of urea groups is 1. The van der Waals surface area contributed by atoms with Crippen molar-refractivity contribution in [3.8, 4) is 0 Å². The van der Waals surface area contributed by atoms with E-state index < -0.39 is 0 Å². The summed E-state index contributed by atoms with van der Waals surface area (Å²) >= 11 is 0. The lowest BCUT2D eigenvalue weighted by atomic mass is 9.84. The molecule has 0 spiro atoms. The largest absolute Gasteiger partial charge is 0.373 e. The van der Waals surface area contributed by atoms with Gasteiger partial charge in [0.25, 0.3) is 0 Å². The maximum absolute atomic E-state index is 13.1. The summed E-state index contributed by atoms with van der Waals surface area (Å²) in [5.74, 6) is 1.15. The molecule has 1 N–H and O–H groups in total. The van der Waals surface area contributed by atoms with Crippen LogP contribution in [0.25, 0.3) is 0 Å². The number of hydrogen-bond acceptors (Lipinski definition) is 2. The third-order valence-corrected chi connectivity index (χ3v) is 7.26. The smallest absolute Gasteiger partial charge is 0.317 e. The molecular formula is C27H44N2O2. The van der Waals surface area contributed by atoms with E-state index in [2.05, 4.69) is 54.4 Å². The van der Waals surface area contributed by atoms with Crippen molar-refractivity contribution in [3.63, 3.8) is 0 Å². The van der Waals surface area contributed by atoms with E-state index in [9.17, 15) is 4.79 Å². The first-order valence-corrected chi connectivity index (χ1v) is 12.9. The highest BCUT2D eigenvalue weighted by Crippen LogP contribution is 2.33. The van der Waals surface area contributed by atoms with E-state index in [0.29, 0.717) is 12.0 Å². The Morgan fingerprint density at radius 2 is 1.87 bits per heavy atom. The molecule has 0 aromatic heterocycles. The van der Waals surface area contributed by atoms with Gasteiger partial charge in [-0.05, 0) is 43.6 Å². The molecule has 2 aliphatic rings. The Labute approximate surface area is 190 Å². The zero-order valence-corrected chi connectivity index (χ0v) is 19.9. The number of nitrogens with zero attached hydrogens (tertiary/aromatic N) is 1. The molecule has 1 aliphatic heterocycles. The number of carbonyl (C=O) groups excluding carboxylic acids is 1. The average molecular weight is 429 g/mol. The van der Waals surface area contributed by atoms with Crippen molar-refractivity contribution in [3.05, 3.63) is 35.9 Å². The van der Waals surface area contributed by atoms with Crippen LogP contribution in [0.1, 0.15) is 96.1 Å². The highest BCUT2D eigenvalue weighted by Gasteiger charge is 2.32. The Kier molecular flexibility index (Phi) is 10.2. The van der Waals surface area contributed by atoms with Gasteiger partial charge < -0.3 is 15.0 Å². The predicted octanol–water partition coefficient (Wildman–Crippen LogP) is 6.72. The van der Waals surface area contributed by atoms with Gasteiger partial charge in [0.1, 0.15) is 0 Å². The quantitative estimate of drug-likeness (QED) is 0.421. The molecule has 1 saturated carbocycles. The van der Waals surface area contributed by atoms with Crippen LogP contribution in [-0.2, 0) is 4.74 Å². The number of likely N-dealkylation sites (tertiary alicyclic amines) is 1. The average Bonchev–Trinajstić information content (AvgIpc) is 2.82. The number of benzene rings is 1. The highest BCUT2D eigenvalue weighted by atomic mass is 16.5. The summed E-state index contributed by atoms with van der Waals surface area (Å²) in [4.78, 5) is 15.2. The second-order valence-electron chi connectivity index (χ2n) is 9.70. The Bertz CT molecular complexity index is 629. The van der Waals surface area contributed by atoms with E-state index in [0.717, 1.165) is 64.1 Å². The van der Waals surface area contributed by atoms with Crippen molar-refractivity contribution in [1.29, 1.82) is 0 Å². The summed E-state index contributed by atoms with van der Waals surface area (Å²) in [6, 6.07) is 11.0. The third kappa shape index (κ3) is 7.52. The van der Waals surface area contributed by atoms with Gasteiger partial charge in [-0.1, -0.05) is 82.7 Å². The van der Waals surface area contributed by atoms with Crippen molar-refractivity contribution >= 4 is 6.03 Å². The Morgan fingerprint density at radius 3 is 2.58 bits per heavy atom. The summed E-state index contributed by atoms with van der Waals surface area (Å²) in [7, 11) is 0. The van der Waals surface area contributed by atoms with Gasteiger partial charge in [-0.2, -0.15) is 0 Å². The van der Waals surface area contributed by atoms with Crippen molar-refractivity contribution in [1.82, 2.24) is 10.2 Å². The molecule has 1 aromatic carbocycles. The minimum absolute atomic E-state index is 0.0764. The molecule has 3 rings (SSSR count). The minimum atomic E-state index is 0.0764. The number of carbonyl (C=O) groups is 1. The lowest BCUT2D eigenvalue weighted by Gasteiger charge is -2.38. The van der Waals surface area contributed by atoms with Crippen LogP contribution in [0.2, 0.25) is 0 Å². The van der Waals surface area contributed by atoms with Gasteiger partial charge in [-0.25, -0.2) is 4.79 Å². The predicted molar refractivity (Wildman–Crippen MR) is 128 cm³/mol. The SMILES string of the molecule is CCCCO[C@@H](c1ccccc1)[C@@H]1CCCN(C(=O)N[C@H](CC)CC2CCCCC2)C1. The lowest BCUT2D eigenvalue weighted by molar-refractivity contribution is -0.0115. The molecule has 1 aliphatic carbocycles. The molecule has 1 aromatic rings. The van der Waals surface area contributed by atoms with Gasteiger partial charge in [-0.15, -0.1) is 0 Å². The number of ether oxygens (including phenoxy) is 1. The zero-order valence-electron chi connectivity index (χ0n) is 19.9. The van der Waals surface area contributed by atoms with Crippen LogP contribution in [0.3, 0.4) is 0 Å². The number of piperidine rings is 1. The first kappa shape index (κ1) is 24.1. The summed E-state index contributed by atoms with van der Waals surface area (Å²) in [5.41, 5.74) is 1.24. The fourth-order valence-corrected chi connectivity index (χ4v) is 5.36. The summed E-state index contributed by atoms with van der Waals surface area (Å²) in [6.45, 7) is 6.85. The van der Waals surface area contributed by atoms with Gasteiger partial charge in [-0.3, -0.25) is 0 Å². The van der Waals surface area contributed by atoms with Crippen LogP contribution in [0.4, 0.5) is 4.79 Å². The molecule has 174 valence electrons. The molecule has 2 amide bonds. The Morgan fingerprint density at radius 1 is 1.10 bits per heavy atom. The van der Waals surface area contributed by atoms with Crippen molar-refractivity contribution in [2.45, 2.75) is 96.6 Å². The van der Waals surface area contributed by atoms with Crippen LogP contribution in [0, 0.1) is 11.8 Å². The molecule has 3 atom stereocenters. The van der Waals surface area contributed by atoms with Crippen molar-refractivity contribution in [2.75, 3.05) is 19.7 Å². The van der Waals surface area contributed by atoms with Crippen molar-refractivity contribution < 1.29 is 9.53 Å². The number of unbranched alkanes of at least 4 members (excludes halogenated alkanes) is 1. The maximum Gasteiger partial charge on any atom is 0.317 e. The zero-order chi connectivity index (χ0) is 21.9. The molecule has 4 nitrogen and oxygen atoms in total. The third-order valence-electron chi connectivity index (χ3n) is 7.26. The maximum atomic E-state index is 13.1. The fraction of sp³-hybridized carbons (Fsp3) is 0.741. The van der Waals surface area contributed by atoms with Gasteiger partial charge in [0.2, 0.25) is 0 Å². The highest BCUT2D eigenvalue weighted by molar-refractivity contribution is 5.74. The van der Waals surface area contributed by atoms with Crippen LogP contribution < -0.4 is 5.32 Å². The number of hydrogen-bond donors (Lipinski definition) is 1. The monoisotopic (exact) mass is 428 g/mol. The molecular weight excluding hydrogens is 384 g/mol. The van der Waals surface area contributed by atoms with Gasteiger partial charge >= 0.3 is 6.03 Å². The van der Waals surface area contributed by atoms with E-state index in [1.165, 1.54) is 37.7 Å². The van der Waals surface area contributed by atoms with E-state index in [1.54, 1.807) is 0 Å². The van der Waals surface area contributed by atoms with Crippen molar-refractivity contribution in [2.24, 2.45) is 11.8 Å². The van der Waals surface area contributed by atoms with Crippen LogP contribution in [0.5, 0.6) is 0 Å². The fourth-order valence-electron chi connectivity index (χ4n) is 5.36. The number of rotatable bonds is 10. The van der Waals surface area contributed by atoms with Crippen LogP contribution in [-0.4, -0.2) is 36.7 Å². The number of nitrogens with one attached hydrogen (secondary N) is 1. The second kappa shape index (κ2) is 13.1. The van der Waals surface area contributed by atoms with Gasteiger partial charge in [0.05, 0.1) is 6.10 Å². The summed E-state index contributed by atoms with van der Waals surface area (Å²) in [6.07, 6.45) is 13.4. The molecule has 1 heterocycles. The Balaban J connectivity index is 1.58. The lowest BCUT2D eigenvalue weighted by Crippen LogP contribution is -2.49. The van der Waals surface area contributed by atoms with Crippen LogP contribution in [0.15, 0.2) is 30.3 Å². The van der Waals surface area contributed by atoms with E-state index in [-0.39, 0.29) is 12.1 Å². The van der Waals surface area contributed by atoms with E-state index in [4.69, 9.17) is 4.74 Å². The minimum Gasteiger partial charge on any atom is -0.373 e. The first-order valence-electron chi connectivity index (χ1n) is 12.9. The molecule has 1 saturated heterocycles. The van der Waals surface area contributed by atoms with Crippen LogP contribution >= 0.6 is 0 Å². The number of amides is 2. The molecule has 0 radical (unpaired) electrons. The normalized spacial score (nSPS) is 22.1. The topological polar surface area (TPSA) is 41.6 Å². The summed E-state index contributed by atoms with van der Waals surface area (Å²) < 4.78 is 6.38. The molecule has 2 fully saturated rings. The van der Waals surface area contributed by atoms with E-state index >= 15 is 0 Å². The molecule has 4 heteroatoms. The first-order chi connectivity index (χ1) is 15.2. The Hall–Kier alpha value is -1.55.